The molecule has 0 bridgehead atoms. The van der Waals surface area contributed by atoms with Gasteiger partial charge in [0.2, 0.25) is 5.91 Å². The van der Waals surface area contributed by atoms with E-state index in [1.165, 1.54) is 0 Å². The summed E-state index contributed by atoms with van der Waals surface area (Å²) in [6, 6.07) is 12.5. The molecule has 2 aromatic carbocycles. The molecule has 0 unspecified atom stereocenters. The second-order valence-corrected chi connectivity index (χ2v) is 6.94. The Hall–Kier alpha value is -2.90. The summed E-state index contributed by atoms with van der Waals surface area (Å²) in [6.45, 7) is 2.55. The van der Waals surface area contributed by atoms with Gasteiger partial charge in [-0.2, -0.15) is 5.10 Å². The number of fused-ring (bicyclic) bond motifs is 1. The van der Waals surface area contributed by atoms with Crippen LogP contribution in [0.3, 0.4) is 0 Å². The molecular weight excluding hydrogens is 380 g/mol. The first-order valence-electron chi connectivity index (χ1n) is 8.99. The lowest BCUT2D eigenvalue weighted by Gasteiger charge is -2.30. The molecule has 0 spiro atoms. The van der Waals surface area contributed by atoms with Crippen molar-refractivity contribution in [1.82, 2.24) is 9.78 Å². The third kappa shape index (κ3) is 3.85. The highest BCUT2D eigenvalue weighted by Gasteiger charge is 2.17. The summed E-state index contributed by atoms with van der Waals surface area (Å²) in [5.74, 6) is -0.346. The average molecular weight is 399 g/mol. The number of amides is 1. The third-order valence-electron chi connectivity index (χ3n) is 4.64. The molecule has 1 aliphatic heterocycles. The summed E-state index contributed by atoms with van der Waals surface area (Å²) in [7, 11) is 0. The second kappa shape index (κ2) is 8.00. The zero-order chi connectivity index (χ0) is 19.5. The molecule has 144 valence electrons. The zero-order valence-electron chi connectivity index (χ0n) is 15.1. The molecule has 3 aromatic rings. The van der Waals surface area contributed by atoms with Crippen LogP contribution in [0.1, 0.15) is 0 Å². The van der Waals surface area contributed by atoms with Crippen molar-refractivity contribution in [2.75, 3.05) is 36.5 Å². The van der Waals surface area contributed by atoms with Crippen molar-refractivity contribution in [3.8, 4) is 0 Å². The van der Waals surface area contributed by atoms with E-state index in [1.807, 2.05) is 18.2 Å². The van der Waals surface area contributed by atoms with E-state index < -0.39 is 0 Å². The summed E-state index contributed by atoms with van der Waals surface area (Å²) in [4.78, 5) is 27.3. The first kappa shape index (κ1) is 18.5. The van der Waals surface area contributed by atoms with E-state index in [2.05, 4.69) is 15.3 Å². The molecule has 1 saturated heterocycles. The Bertz CT molecular complexity index is 1080. The molecule has 7 nitrogen and oxygen atoms in total. The summed E-state index contributed by atoms with van der Waals surface area (Å²) < 4.78 is 6.56. The molecule has 1 amide bonds. The molecule has 1 N–H and O–H groups in total. The highest BCUT2D eigenvalue weighted by molar-refractivity contribution is 6.31. The van der Waals surface area contributed by atoms with Crippen molar-refractivity contribution in [3.05, 3.63) is 64.0 Å². The number of hydrogen-bond donors (Lipinski definition) is 1. The fourth-order valence-electron chi connectivity index (χ4n) is 3.25. The van der Waals surface area contributed by atoms with Gasteiger partial charge in [0.15, 0.2) is 0 Å². The molecule has 1 fully saturated rings. The van der Waals surface area contributed by atoms with Gasteiger partial charge in [-0.1, -0.05) is 29.8 Å². The number of nitrogens with one attached hydrogen (secondary N) is 1. The van der Waals surface area contributed by atoms with Crippen molar-refractivity contribution >= 4 is 39.7 Å². The number of benzene rings is 2. The van der Waals surface area contributed by atoms with Gasteiger partial charge in [0.1, 0.15) is 6.54 Å². The van der Waals surface area contributed by atoms with Crippen LogP contribution in [0.5, 0.6) is 0 Å². The van der Waals surface area contributed by atoms with Gasteiger partial charge < -0.3 is 15.0 Å². The normalized spacial score (nSPS) is 14.2. The smallest absolute Gasteiger partial charge is 0.275 e. The fraction of sp³-hybridized carbons (Fsp3) is 0.250. The molecular formula is C20H19ClN4O3. The van der Waals surface area contributed by atoms with E-state index in [0.29, 0.717) is 29.3 Å². The zero-order valence-corrected chi connectivity index (χ0v) is 15.9. The molecule has 8 heteroatoms. The summed E-state index contributed by atoms with van der Waals surface area (Å²) in [5, 5.41) is 8.77. The van der Waals surface area contributed by atoms with Gasteiger partial charge in [-0.15, -0.1) is 0 Å². The lowest BCUT2D eigenvalue weighted by Crippen LogP contribution is -2.37. The Morgan fingerprint density at radius 3 is 2.79 bits per heavy atom. The monoisotopic (exact) mass is 398 g/mol. The number of morpholine rings is 1. The van der Waals surface area contributed by atoms with Crippen LogP contribution in [-0.4, -0.2) is 42.0 Å². The van der Waals surface area contributed by atoms with Crippen LogP contribution < -0.4 is 15.8 Å². The quantitative estimate of drug-likeness (QED) is 0.730. The Labute approximate surface area is 166 Å². The number of carbonyl (C=O) groups is 1. The van der Waals surface area contributed by atoms with E-state index >= 15 is 0 Å². The van der Waals surface area contributed by atoms with Crippen LogP contribution in [0.15, 0.2) is 53.5 Å². The van der Waals surface area contributed by atoms with Gasteiger partial charge in [-0.25, -0.2) is 4.68 Å². The van der Waals surface area contributed by atoms with Crippen LogP contribution in [0.2, 0.25) is 5.02 Å². The molecule has 28 heavy (non-hydrogen) atoms. The van der Waals surface area contributed by atoms with E-state index in [4.69, 9.17) is 16.3 Å². The summed E-state index contributed by atoms with van der Waals surface area (Å²) >= 11 is 6.13. The maximum absolute atomic E-state index is 12.6. The van der Waals surface area contributed by atoms with Crippen molar-refractivity contribution in [1.29, 1.82) is 0 Å². The number of carbonyl (C=O) groups excluding carboxylic acids is 1. The van der Waals surface area contributed by atoms with E-state index in [-0.39, 0.29) is 18.0 Å². The fourth-order valence-corrected chi connectivity index (χ4v) is 3.43. The standard InChI is InChI=1S/C20H19ClN4O3/c21-15-5-6-18(24-7-9-28-10-8-24)17(11-15)23-19(26)13-25-20(27)16-4-2-1-3-14(16)12-22-25/h1-6,11-12H,7-10,13H2,(H,23,26). The molecule has 0 saturated carbocycles. The number of ether oxygens (including phenoxy) is 1. The van der Waals surface area contributed by atoms with Crippen LogP contribution in [0.25, 0.3) is 10.8 Å². The van der Waals surface area contributed by atoms with Crippen molar-refractivity contribution in [2.24, 2.45) is 0 Å². The molecule has 2 heterocycles. The largest absolute Gasteiger partial charge is 0.378 e. The number of nitrogens with zero attached hydrogens (tertiary/aromatic N) is 3. The molecule has 1 aromatic heterocycles. The minimum Gasteiger partial charge on any atom is -0.378 e. The Morgan fingerprint density at radius 1 is 1.18 bits per heavy atom. The SMILES string of the molecule is O=C(Cn1ncc2ccccc2c1=O)Nc1cc(Cl)ccc1N1CCOCC1. The predicted octanol–water partition coefficient (Wildman–Crippen LogP) is 2.53. The van der Waals surface area contributed by atoms with Gasteiger partial charge in [0.25, 0.3) is 5.56 Å². The third-order valence-corrected chi connectivity index (χ3v) is 4.87. The van der Waals surface area contributed by atoms with Crippen LogP contribution in [0, 0.1) is 0 Å². The topological polar surface area (TPSA) is 76.5 Å². The maximum Gasteiger partial charge on any atom is 0.275 e. The second-order valence-electron chi connectivity index (χ2n) is 6.50. The maximum atomic E-state index is 12.6. The Morgan fingerprint density at radius 2 is 1.96 bits per heavy atom. The molecule has 0 aliphatic carbocycles. The summed E-state index contributed by atoms with van der Waals surface area (Å²) in [5.41, 5.74) is 1.18. The van der Waals surface area contributed by atoms with Gasteiger partial charge in [-0.05, 0) is 24.3 Å². The van der Waals surface area contributed by atoms with Crippen molar-refractivity contribution in [2.45, 2.75) is 6.54 Å². The van der Waals surface area contributed by atoms with Crippen LogP contribution in [0.4, 0.5) is 11.4 Å². The van der Waals surface area contributed by atoms with Crippen LogP contribution >= 0.6 is 11.6 Å². The van der Waals surface area contributed by atoms with E-state index in [1.54, 1.807) is 30.5 Å². The predicted molar refractivity (Wildman–Crippen MR) is 109 cm³/mol. The number of rotatable bonds is 4. The number of aromatic nitrogens is 2. The van der Waals surface area contributed by atoms with Gasteiger partial charge in [0, 0.05) is 23.5 Å². The number of hydrogen-bond acceptors (Lipinski definition) is 5. The highest BCUT2D eigenvalue weighted by atomic mass is 35.5. The molecule has 0 atom stereocenters. The minimum absolute atomic E-state index is 0.182. The average Bonchev–Trinajstić information content (AvgIpc) is 2.71. The van der Waals surface area contributed by atoms with Crippen molar-refractivity contribution < 1.29 is 9.53 Å². The van der Waals surface area contributed by atoms with Gasteiger partial charge in [-0.3, -0.25) is 9.59 Å². The van der Waals surface area contributed by atoms with Gasteiger partial charge in [0.05, 0.1) is 36.2 Å². The number of anilines is 2. The highest BCUT2D eigenvalue weighted by Crippen LogP contribution is 2.29. The molecule has 1 aliphatic rings. The summed E-state index contributed by atoms with van der Waals surface area (Å²) in [6.07, 6.45) is 1.59. The van der Waals surface area contributed by atoms with E-state index in [9.17, 15) is 9.59 Å². The van der Waals surface area contributed by atoms with E-state index in [0.717, 1.165) is 28.8 Å². The lowest BCUT2D eigenvalue weighted by molar-refractivity contribution is -0.117. The van der Waals surface area contributed by atoms with Crippen LogP contribution in [-0.2, 0) is 16.1 Å². The lowest BCUT2D eigenvalue weighted by atomic mass is 10.2. The molecule has 4 rings (SSSR count). The first-order valence-corrected chi connectivity index (χ1v) is 9.36. The first-order chi connectivity index (χ1) is 13.6. The molecule has 0 radical (unpaired) electrons. The van der Waals surface area contributed by atoms with Gasteiger partial charge >= 0.3 is 0 Å². The minimum atomic E-state index is -0.346. The Kier molecular flexibility index (Phi) is 5.27. The van der Waals surface area contributed by atoms with Crippen molar-refractivity contribution in [3.63, 3.8) is 0 Å². The number of halogens is 1. The Balaban J connectivity index is 1.56.